The first-order valence-corrected chi connectivity index (χ1v) is 1.49. The van der Waals surface area contributed by atoms with E-state index in [9.17, 15) is 4.39 Å². The van der Waals surface area contributed by atoms with Crippen molar-refractivity contribution in [3.8, 4) is 0 Å². The first kappa shape index (κ1) is 4.15. The average molecular weight is 124 g/mol. The van der Waals surface area contributed by atoms with Crippen LogP contribution in [0.4, 0.5) is 4.39 Å². The van der Waals surface area contributed by atoms with Crippen molar-refractivity contribution < 1.29 is 4.39 Å². The van der Waals surface area contributed by atoms with Gasteiger partial charge in [-0.1, -0.05) is 0 Å². The number of hydrogen-bond acceptors (Lipinski definition) is 0. The summed E-state index contributed by atoms with van der Waals surface area (Å²) in [4.78, 5) is 1.95. The molecular weight excluding hydrogens is 123 g/mol. The third kappa shape index (κ3) is 2.15. The van der Waals surface area contributed by atoms with Crippen molar-refractivity contribution in [1.29, 1.82) is 0 Å². The molecule has 0 aliphatic heterocycles. The molecule has 0 aliphatic rings. The Labute approximate surface area is 32.4 Å². The van der Waals surface area contributed by atoms with E-state index < -0.39 is 0 Å². The molecule has 0 atom stereocenters. The molecule has 0 aliphatic carbocycles. The van der Waals surface area contributed by atoms with Gasteiger partial charge in [0.1, 0.15) is 6.33 Å². The van der Waals surface area contributed by atoms with Gasteiger partial charge in [-0.3, -0.25) is 0 Å². The van der Waals surface area contributed by atoms with Crippen molar-refractivity contribution in [3.63, 3.8) is 0 Å². The van der Waals surface area contributed by atoms with Crippen LogP contribution in [0, 0.1) is 4.99 Å². The van der Waals surface area contributed by atoms with E-state index in [4.69, 9.17) is 0 Å². The largest absolute Gasteiger partial charge is 0.214 e. The van der Waals surface area contributed by atoms with Crippen LogP contribution in [0.5, 0.6) is 0 Å². The summed E-state index contributed by atoms with van der Waals surface area (Å²) >= 11 is 2.57. The van der Waals surface area contributed by atoms with Gasteiger partial charge in [0.25, 0.3) is 0 Å². The summed E-state index contributed by atoms with van der Waals surface area (Å²) in [6, 6.07) is 0. The van der Waals surface area contributed by atoms with Crippen LogP contribution in [0.25, 0.3) is 0 Å². The predicted molar refractivity (Wildman–Crippen MR) is 17.8 cm³/mol. The van der Waals surface area contributed by atoms with Crippen LogP contribution in [0.1, 0.15) is 0 Å². The summed E-state index contributed by atoms with van der Waals surface area (Å²) in [5.41, 5.74) is 0. The highest BCUT2D eigenvalue weighted by molar-refractivity contribution is 9.10. The van der Waals surface area contributed by atoms with Crippen LogP contribution < -0.4 is 0 Å². The van der Waals surface area contributed by atoms with Gasteiger partial charge >= 0.3 is 0 Å². The average Bonchev–Trinajstić information content (AvgIpc) is 1.37. The lowest BCUT2D eigenvalue weighted by molar-refractivity contribution is 0.721. The summed E-state index contributed by atoms with van der Waals surface area (Å²) in [7, 11) is 0. The van der Waals surface area contributed by atoms with Crippen LogP contribution in [-0.2, 0) is 0 Å². The summed E-state index contributed by atoms with van der Waals surface area (Å²) in [6.45, 7) is 0. The van der Waals surface area contributed by atoms with E-state index in [0.29, 0.717) is 6.33 Å². The Bertz CT molecular complexity index is 21.2. The van der Waals surface area contributed by atoms with Gasteiger partial charge in [-0.2, -0.15) is 0 Å². The molecule has 4 heavy (non-hydrogen) atoms. The third-order valence-corrected chi connectivity index (χ3v) is 0.214. The number of hydrogen-bond donors (Lipinski definition) is 0. The van der Waals surface area contributed by atoms with Crippen molar-refractivity contribution in [2.24, 2.45) is 0 Å². The molecule has 0 aromatic heterocycles. The summed E-state index contributed by atoms with van der Waals surface area (Å²) in [5, 5.41) is 0. The molecule has 0 aromatic carbocycles. The summed E-state index contributed by atoms with van der Waals surface area (Å²) in [5.74, 6) is 0. The molecule has 0 aromatic rings. The molecule has 0 amide bonds. The monoisotopic (exact) mass is 123 g/mol. The zero-order valence-electron chi connectivity index (χ0n) is 1.83. The van der Waals surface area contributed by atoms with Gasteiger partial charge in [-0.25, -0.2) is 4.39 Å². The molecule has 0 heterocycles. The molecule has 0 bridgehead atoms. The first-order chi connectivity index (χ1) is 1.91. The lowest BCUT2D eigenvalue weighted by Gasteiger charge is -1.41. The molecule has 0 fully saturated rings. The predicted octanol–water partition coefficient (Wildman–Crippen LogP) is 1.63. The van der Waals surface area contributed by atoms with Crippen LogP contribution in [0.2, 0.25) is 0 Å². The maximum atomic E-state index is 10.4. The standard InChI is InChI=1S/C2HBrF/c3-1-2-4/h2H. The topological polar surface area (TPSA) is 0 Å². The molecule has 1 radical (unpaired) electrons. The molecule has 0 rings (SSSR count). The molecule has 23 valence electrons. The minimum absolute atomic E-state index is 0.292. The summed E-state index contributed by atoms with van der Waals surface area (Å²) in [6.07, 6.45) is 0.292. The SMILES string of the molecule is F/C=[C]\Br. The number of rotatable bonds is 0. The zero-order valence-corrected chi connectivity index (χ0v) is 3.42. The molecule has 2 heteroatoms. The fourth-order valence-corrected chi connectivity index (χ4v) is 0. The normalized spacial score (nSPS) is 9.50. The van der Waals surface area contributed by atoms with Crippen molar-refractivity contribution in [3.05, 3.63) is 11.3 Å². The van der Waals surface area contributed by atoms with Gasteiger partial charge in [0, 0.05) is 0 Å². The first-order valence-electron chi connectivity index (χ1n) is 0.696. The minimum Gasteiger partial charge on any atom is -0.214 e. The highest BCUT2D eigenvalue weighted by Crippen LogP contribution is 1.76. The third-order valence-electron chi connectivity index (χ3n) is 0.0412. The van der Waals surface area contributed by atoms with Crippen LogP contribution in [-0.4, -0.2) is 0 Å². The second-order valence-electron chi connectivity index (χ2n) is 0.218. The van der Waals surface area contributed by atoms with Crippen molar-refractivity contribution in [2.45, 2.75) is 0 Å². The fourth-order valence-electron chi connectivity index (χ4n) is 0. The maximum Gasteiger partial charge on any atom is 0.102 e. The minimum atomic E-state index is 0.292. The second-order valence-corrected chi connectivity index (χ2v) is 0.676. The highest BCUT2D eigenvalue weighted by atomic mass is 79.9. The van der Waals surface area contributed by atoms with Gasteiger partial charge in [-0.15, -0.1) is 0 Å². The van der Waals surface area contributed by atoms with Gasteiger partial charge in [0.05, 0.1) is 4.99 Å². The Morgan fingerprint density at radius 2 is 2.25 bits per heavy atom. The zero-order chi connectivity index (χ0) is 3.41. The van der Waals surface area contributed by atoms with Crippen LogP contribution in [0.3, 0.4) is 0 Å². The molecule has 0 unspecified atom stereocenters. The van der Waals surface area contributed by atoms with Gasteiger partial charge in [-0.05, 0) is 15.9 Å². The van der Waals surface area contributed by atoms with Crippen LogP contribution >= 0.6 is 15.9 Å². The van der Waals surface area contributed by atoms with E-state index in [1.54, 1.807) is 0 Å². The Morgan fingerprint density at radius 3 is 2.25 bits per heavy atom. The lowest BCUT2D eigenvalue weighted by atomic mass is 11.2. The number of halogens is 2. The van der Waals surface area contributed by atoms with E-state index in [0.717, 1.165) is 0 Å². The molecule has 0 saturated heterocycles. The van der Waals surface area contributed by atoms with E-state index in [-0.39, 0.29) is 0 Å². The maximum absolute atomic E-state index is 10.4. The molecule has 0 spiro atoms. The molecule has 0 nitrogen and oxygen atoms in total. The van der Waals surface area contributed by atoms with Gasteiger partial charge < -0.3 is 0 Å². The Morgan fingerprint density at radius 1 is 2.00 bits per heavy atom. The Kier molecular flexibility index (Phi) is 3.27. The van der Waals surface area contributed by atoms with Gasteiger partial charge in [0.15, 0.2) is 0 Å². The van der Waals surface area contributed by atoms with E-state index in [2.05, 4.69) is 15.9 Å². The molecule has 0 N–H and O–H groups in total. The molecule has 0 saturated carbocycles. The van der Waals surface area contributed by atoms with Gasteiger partial charge in [0.2, 0.25) is 0 Å². The van der Waals surface area contributed by atoms with Crippen LogP contribution in [0.15, 0.2) is 6.33 Å². The van der Waals surface area contributed by atoms with Crippen molar-refractivity contribution in [2.75, 3.05) is 0 Å². The highest BCUT2D eigenvalue weighted by Gasteiger charge is 1.43. The van der Waals surface area contributed by atoms with E-state index >= 15 is 0 Å². The lowest BCUT2D eigenvalue weighted by Crippen LogP contribution is -1.16. The van der Waals surface area contributed by atoms with E-state index in [1.807, 2.05) is 4.99 Å². The van der Waals surface area contributed by atoms with Crippen molar-refractivity contribution >= 4 is 15.9 Å². The van der Waals surface area contributed by atoms with Crippen molar-refractivity contribution in [1.82, 2.24) is 0 Å². The molecular formula is C2HBrF. The second kappa shape index (κ2) is 3.15. The Balaban J connectivity index is 2.55. The quantitative estimate of drug-likeness (QED) is 0.460. The fraction of sp³-hybridized carbons (Fsp3) is 0. The van der Waals surface area contributed by atoms with E-state index in [1.165, 1.54) is 0 Å². The Hall–Kier alpha value is 0.150. The summed E-state index contributed by atoms with van der Waals surface area (Å²) < 4.78 is 10.4. The smallest absolute Gasteiger partial charge is 0.102 e.